The minimum atomic E-state index is -1.28. The summed E-state index contributed by atoms with van der Waals surface area (Å²) in [5, 5.41) is 9.50. The van der Waals surface area contributed by atoms with E-state index >= 15 is 0 Å². The third-order valence-corrected chi connectivity index (χ3v) is 3.50. The lowest BCUT2D eigenvalue weighted by molar-refractivity contribution is 0.179. The Labute approximate surface area is 81.0 Å². The largest absolute Gasteiger partial charge is 0.507 e. The molecule has 3 heteroatoms. The lowest BCUT2D eigenvalue weighted by atomic mass is 9.94. The Morgan fingerprint density at radius 3 is 3.00 bits per heavy atom. The third kappa shape index (κ3) is 1.41. The van der Waals surface area contributed by atoms with Gasteiger partial charge in [-0.05, 0) is 19.4 Å². The number of hydrogen-bond acceptors (Lipinski definition) is 2. The number of alkyl halides is 1. The molecule has 2 rings (SSSR count). The number of aromatic hydroxyl groups is 1. The topological polar surface area (TPSA) is 20.2 Å². The molecule has 1 atom stereocenters. The van der Waals surface area contributed by atoms with E-state index in [-0.39, 0.29) is 5.75 Å². The number of thioether (sulfide) groups is 1. The van der Waals surface area contributed by atoms with Gasteiger partial charge in [0.2, 0.25) is 0 Å². The van der Waals surface area contributed by atoms with E-state index in [0.29, 0.717) is 16.9 Å². The van der Waals surface area contributed by atoms with Gasteiger partial charge < -0.3 is 5.11 Å². The Kier molecular flexibility index (Phi) is 1.99. The molecule has 1 aliphatic heterocycles. The van der Waals surface area contributed by atoms with Crippen molar-refractivity contribution in [3.8, 4) is 5.75 Å². The summed E-state index contributed by atoms with van der Waals surface area (Å²) in [6.07, 6.45) is 0.522. The van der Waals surface area contributed by atoms with Gasteiger partial charge in [-0.1, -0.05) is 12.1 Å². The van der Waals surface area contributed by atoms with Crippen molar-refractivity contribution < 1.29 is 9.50 Å². The highest BCUT2D eigenvalue weighted by atomic mass is 32.2. The highest BCUT2D eigenvalue weighted by molar-refractivity contribution is 7.99. The first-order valence-electron chi connectivity index (χ1n) is 4.25. The first-order valence-corrected chi connectivity index (χ1v) is 5.24. The molecule has 0 spiro atoms. The van der Waals surface area contributed by atoms with Gasteiger partial charge >= 0.3 is 0 Å². The maximum atomic E-state index is 13.9. The van der Waals surface area contributed by atoms with E-state index in [4.69, 9.17) is 0 Å². The van der Waals surface area contributed by atoms with Crippen molar-refractivity contribution in [1.82, 2.24) is 0 Å². The molecular weight excluding hydrogens is 187 g/mol. The van der Waals surface area contributed by atoms with E-state index in [0.717, 1.165) is 5.75 Å². The maximum absolute atomic E-state index is 13.9. The molecule has 1 aromatic rings. The Hall–Kier alpha value is -0.700. The van der Waals surface area contributed by atoms with Crippen LogP contribution in [0.2, 0.25) is 0 Å². The SMILES string of the molecule is CC1(F)CCSc2c(O)cccc21. The molecule has 0 saturated heterocycles. The van der Waals surface area contributed by atoms with Gasteiger partial charge in [-0.15, -0.1) is 11.8 Å². The molecule has 0 amide bonds. The Morgan fingerprint density at radius 1 is 1.54 bits per heavy atom. The molecule has 1 aliphatic rings. The molecule has 0 bridgehead atoms. The van der Waals surface area contributed by atoms with Crippen LogP contribution in [0.25, 0.3) is 0 Å². The van der Waals surface area contributed by atoms with Crippen LogP contribution in [0.4, 0.5) is 4.39 Å². The summed E-state index contributed by atoms with van der Waals surface area (Å²) in [5.41, 5.74) is -0.650. The van der Waals surface area contributed by atoms with Gasteiger partial charge in [-0.2, -0.15) is 0 Å². The Bertz CT molecular complexity index is 336. The molecule has 1 unspecified atom stereocenters. The highest BCUT2D eigenvalue weighted by Gasteiger charge is 2.33. The zero-order chi connectivity index (χ0) is 9.47. The average molecular weight is 198 g/mol. The van der Waals surface area contributed by atoms with Crippen LogP contribution in [0.15, 0.2) is 23.1 Å². The van der Waals surface area contributed by atoms with Gasteiger partial charge in [0.05, 0.1) is 4.90 Å². The van der Waals surface area contributed by atoms with E-state index in [1.54, 1.807) is 25.1 Å². The number of phenols is 1. The summed E-state index contributed by atoms with van der Waals surface area (Å²) < 4.78 is 13.9. The maximum Gasteiger partial charge on any atom is 0.135 e. The number of rotatable bonds is 0. The second-order valence-corrected chi connectivity index (χ2v) is 4.55. The predicted octanol–water partition coefficient (Wildman–Crippen LogP) is 3.07. The normalized spacial score (nSPS) is 26.9. The van der Waals surface area contributed by atoms with Crippen molar-refractivity contribution in [2.75, 3.05) is 5.75 Å². The van der Waals surface area contributed by atoms with Gasteiger partial charge in [-0.3, -0.25) is 0 Å². The molecule has 0 radical (unpaired) electrons. The Balaban J connectivity index is 2.58. The fourth-order valence-electron chi connectivity index (χ4n) is 1.57. The lowest BCUT2D eigenvalue weighted by Crippen LogP contribution is -2.20. The number of halogens is 1. The van der Waals surface area contributed by atoms with Crippen LogP contribution < -0.4 is 0 Å². The van der Waals surface area contributed by atoms with E-state index in [9.17, 15) is 9.50 Å². The van der Waals surface area contributed by atoms with Crippen LogP contribution >= 0.6 is 11.8 Å². The average Bonchev–Trinajstić information content (AvgIpc) is 2.06. The first-order chi connectivity index (χ1) is 6.11. The molecule has 1 N–H and O–H groups in total. The van der Waals surface area contributed by atoms with E-state index in [1.165, 1.54) is 11.8 Å². The van der Waals surface area contributed by atoms with Crippen LogP contribution in [-0.2, 0) is 5.67 Å². The number of hydrogen-bond donors (Lipinski definition) is 1. The smallest absolute Gasteiger partial charge is 0.135 e. The predicted molar refractivity (Wildman–Crippen MR) is 51.9 cm³/mol. The van der Waals surface area contributed by atoms with Crippen LogP contribution in [0.1, 0.15) is 18.9 Å². The standard InChI is InChI=1S/C10H11FOS/c1-10(11)5-6-13-9-7(10)3-2-4-8(9)12/h2-4,12H,5-6H2,1H3. The van der Waals surface area contributed by atoms with Crippen LogP contribution in [0, 0.1) is 0 Å². The molecule has 0 aliphatic carbocycles. The van der Waals surface area contributed by atoms with Crippen molar-refractivity contribution in [1.29, 1.82) is 0 Å². The van der Waals surface area contributed by atoms with Crippen molar-refractivity contribution >= 4 is 11.8 Å². The molecule has 13 heavy (non-hydrogen) atoms. The summed E-state index contributed by atoms with van der Waals surface area (Å²) in [6.45, 7) is 1.57. The zero-order valence-electron chi connectivity index (χ0n) is 7.38. The summed E-state index contributed by atoms with van der Waals surface area (Å²) in [6, 6.07) is 5.05. The number of phenolic OH excluding ortho intramolecular Hbond substituents is 1. The zero-order valence-corrected chi connectivity index (χ0v) is 8.20. The van der Waals surface area contributed by atoms with Gasteiger partial charge in [0.1, 0.15) is 11.4 Å². The highest BCUT2D eigenvalue weighted by Crippen LogP contribution is 2.46. The fourth-order valence-corrected chi connectivity index (χ4v) is 2.91. The molecule has 0 saturated carbocycles. The molecule has 1 nitrogen and oxygen atoms in total. The second kappa shape index (κ2) is 2.91. The summed E-state index contributed by atoms with van der Waals surface area (Å²) >= 11 is 1.53. The van der Waals surface area contributed by atoms with Crippen molar-refractivity contribution in [2.45, 2.75) is 23.9 Å². The van der Waals surface area contributed by atoms with Crippen LogP contribution in [-0.4, -0.2) is 10.9 Å². The number of benzene rings is 1. The lowest BCUT2D eigenvalue weighted by Gasteiger charge is -2.28. The summed E-state index contributed by atoms with van der Waals surface area (Å²) in [4.78, 5) is 0.707. The second-order valence-electron chi connectivity index (χ2n) is 3.45. The minimum absolute atomic E-state index is 0.200. The van der Waals surface area contributed by atoms with Crippen molar-refractivity contribution in [3.05, 3.63) is 23.8 Å². The molecular formula is C10H11FOS. The third-order valence-electron chi connectivity index (χ3n) is 2.37. The molecule has 1 heterocycles. The summed E-state index contributed by atoms with van der Waals surface area (Å²) in [5.74, 6) is 0.934. The van der Waals surface area contributed by atoms with Gasteiger partial charge in [0.25, 0.3) is 0 Å². The van der Waals surface area contributed by atoms with Gasteiger partial charge in [0, 0.05) is 11.3 Å². The van der Waals surface area contributed by atoms with Crippen molar-refractivity contribution in [3.63, 3.8) is 0 Å². The molecule has 70 valence electrons. The fraction of sp³-hybridized carbons (Fsp3) is 0.400. The molecule has 1 aromatic carbocycles. The van der Waals surface area contributed by atoms with Gasteiger partial charge in [0.15, 0.2) is 0 Å². The van der Waals surface area contributed by atoms with E-state index < -0.39 is 5.67 Å². The summed E-state index contributed by atoms with van der Waals surface area (Å²) in [7, 11) is 0. The van der Waals surface area contributed by atoms with Gasteiger partial charge in [-0.25, -0.2) is 4.39 Å². The minimum Gasteiger partial charge on any atom is -0.507 e. The van der Waals surface area contributed by atoms with Crippen molar-refractivity contribution in [2.24, 2.45) is 0 Å². The monoisotopic (exact) mass is 198 g/mol. The Morgan fingerprint density at radius 2 is 2.31 bits per heavy atom. The van der Waals surface area contributed by atoms with Crippen LogP contribution in [0.3, 0.4) is 0 Å². The first kappa shape index (κ1) is 8.88. The molecule has 0 aromatic heterocycles. The number of fused-ring (bicyclic) bond motifs is 1. The van der Waals surface area contributed by atoms with E-state index in [1.807, 2.05) is 0 Å². The quantitative estimate of drug-likeness (QED) is 0.691. The van der Waals surface area contributed by atoms with E-state index in [2.05, 4.69) is 0 Å². The van der Waals surface area contributed by atoms with Crippen LogP contribution in [0.5, 0.6) is 5.75 Å². The molecule has 0 fully saturated rings.